The molecular weight excluding hydrogens is 625 g/mol. The van der Waals surface area contributed by atoms with E-state index in [0.717, 1.165) is 12.2 Å². The molecule has 0 saturated heterocycles. The van der Waals surface area contributed by atoms with E-state index < -0.39 is 25.9 Å². The number of carbonyl (C=O) groups excluding carboxylic acids is 2. The quantitative estimate of drug-likeness (QED) is 0.139. The molecule has 2 aromatic rings. The number of benzene rings is 2. The van der Waals surface area contributed by atoms with Crippen molar-refractivity contribution in [3.63, 3.8) is 0 Å². The van der Waals surface area contributed by atoms with E-state index in [1.54, 1.807) is 13.8 Å². The first-order chi connectivity index (χ1) is 18.8. The molecule has 0 bridgehead atoms. The van der Waals surface area contributed by atoms with E-state index in [9.17, 15) is 9.59 Å². The second-order valence-corrected chi connectivity index (χ2v) is 20.7. The van der Waals surface area contributed by atoms with Gasteiger partial charge in [-0.1, -0.05) is 144 Å². The zero-order valence-corrected chi connectivity index (χ0v) is 29.5. The lowest BCUT2D eigenvalue weighted by atomic mass is 10.4. The van der Waals surface area contributed by atoms with Crippen LogP contribution in [0, 0.1) is 0 Å². The summed E-state index contributed by atoms with van der Waals surface area (Å²) in [6, 6.07) is 26.4. The van der Waals surface area contributed by atoms with Gasteiger partial charge in [0.1, 0.15) is 0 Å². The van der Waals surface area contributed by atoms with Gasteiger partial charge in [-0.3, -0.25) is 0 Å². The van der Waals surface area contributed by atoms with Gasteiger partial charge < -0.3 is 17.7 Å². The summed E-state index contributed by atoms with van der Waals surface area (Å²) in [6.07, 6.45) is 2.28. The third-order valence-corrected chi connectivity index (χ3v) is 16.1. The second kappa shape index (κ2) is 44.6. The Hall–Kier alpha value is -2.57. The van der Waals surface area contributed by atoms with Gasteiger partial charge in [0, 0.05) is 12.2 Å². The van der Waals surface area contributed by atoms with Crippen LogP contribution < -0.4 is 0 Å². The molecule has 0 aliphatic heterocycles. The topological polar surface area (TPSA) is 71.1 Å². The number of hydrogen-bond donors (Lipinski definition) is 0. The number of rotatable bonds is 10. The standard InChI is InChI=1S/C9H26O2Si3.2C6H6.2C5H8O2.6CH4/c1-8-13(4,5)10-12(3)11-14(6,7)9-2;2*1-2-4-6-5-3-1;2*1-3-5(6)7-4-2;;;;;;/h12H,8-9H2,1-7H3;2*1-6H;2*3H,1,4H2,2H3;6*1H4. The van der Waals surface area contributed by atoms with Crippen LogP contribution in [0.15, 0.2) is 98.1 Å². The highest BCUT2D eigenvalue weighted by Gasteiger charge is 2.28. The predicted molar refractivity (Wildman–Crippen MR) is 218 cm³/mol. The number of hydrogen-bond acceptors (Lipinski definition) is 6. The molecule has 0 heterocycles. The number of esters is 2. The minimum absolute atomic E-state index is 0. The molecule has 0 unspecified atom stereocenters. The van der Waals surface area contributed by atoms with Crippen molar-refractivity contribution in [3.8, 4) is 0 Å². The molecule has 46 heavy (non-hydrogen) atoms. The monoisotopic (exact) mass is 703 g/mol. The highest BCUT2D eigenvalue weighted by atomic mass is 28.4. The summed E-state index contributed by atoms with van der Waals surface area (Å²) in [5.41, 5.74) is 0. The van der Waals surface area contributed by atoms with Crippen LogP contribution in [-0.2, 0) is 27.3 Å². The first-order valence-corrected chi connectivity index (χ1v) is 22.1. The summed E-state index contributed by atoms with van der Waals surface area (Å²) in [5, 5.41) is 0. The fourth-order valence-electron chi connectivity index (χ4n) is 2.26. The Balaban J connectivity index is -0.0000000536. The van der Waals surface area contributed by atoms with Gasteiger partial charge in [0.15, 0.2) is 16.6 Å². The normalized spacial score (nSPS) is 8.57. The Morgan fingerprint density at radius 3 is 0.848 bits per heavy atom. The summed E-state index contributed by atoms with van der Waals surface area (Å²) < 4.78 is 21.1. The maximum atomic E-state index is 10.1. The van der Waals surface area contributed by atoms with Gasteiger partial charge in [-0.2, -0.15) is 0 Å². The zero-order chi connectivity index (χ0) is 31.3. The number of ether oxygens (including phenoxy) is 2. The maximum Gasteiger partial charge on any atom is 0.330 e. The molecule has 9 heteroatoms. The summed E-state index contributed by atoms with van der Waals surface area (Å²) in [5.74, 6) is -0.718. The Morgan fingerprint density at radius 2 is 0.739 bits per heavy atom. The fraction of sp³-hybridized carbons (Fsp3) is 0.514. The highest BCUT2D eigenvalue weighted by Crippen LogP contribution is 2.16. The van der Waals surface area contributed by atoms with E-state index >= 15 is 0 Å². The maximum absolute atomic E-state index is 10.1. The molecule has 2 rings (SSSR count). The van der Waals surface area contributed by atoms with E-state index in [-0.39, 0.29) is 56.5 Å². The summed E-state index contributed by atoms with van der Waals surface area (Å²) in [6.45, 7) is 26.5. The molecule has 0 radical (unpaired) electrons. The third kappa shape index (κ3) is 53.9. The zero-order valence-electron chi connectivity index (χ0n) is 26.4. The van der Waals surface area contributed by atoms with Crippen molar-refractivity contribution in [1.82, 2.24) is 0 Å². The van der Waals surface area contributed by atoms with Crippen molar-refractivity contribution in [2.75, 3.05) is 13.2 Å². The molecule has 0 spiro atoms. The molecule has 2 aromatic carbocycles. The lowest BCUT2D eigenvalue weighted by Gasteiger charge is -2.31. The lowest BCUT2D eigenvalue weighted by Crippen LogP contribution is -2.43. The minimum Gasteiger partial charge on any atom is -0.463 e. The molecule has 0 N–H and O–H groups in total. The van der Waals surface area contributed by atoms with Crippen LogP contribution in [0.5, 0.6) is 0 Å². The van der Waals surface area contributed by atoms with E-state index in [1.807, 2.05) is 72.8 Å². The molecule has 0 atom stereocenters. The molecule has 274 valence electrons. The van der Waals surface area contributed by atoms with E-state index in [0.29, 0.717) is 13.2 Å². The summed E-state index contributed by atoms with van der Waals surface area (Å²) >= 11 is 0. The Kier molecular flexibility index (Phi) is 63.9. The molecule has 0 aromatic heterocycles. The Labute approximate surface area is 292 Å². The Morgan fingerprint density at radius 1 is 0.543 bits per heavy atom. The van der Waals surface area contributed by atoms with Crippen molar-refractivity contribution >= 4 is 37.9 Å². The third-order valence-electron chi connectivity index (χ3n) is 4.91. The van der Waals surface area contributed by atoms with E-state index in [2.05, 4.69) is 69.2 Å². The van der Waals surface area contributed by atoms with Crippen LogP contribution >= 0.6 is 0 Å². The fourth-order valence-corrected chi connectivity index (χ4v) is 11.4. The van der Waals surface area contributed by atoms with Crippen LogP contribution in [-0.4, -0.2) is 51.1 Å². The molecule has 0 amide bonds. The van der Waals surface area contributed by atoms with Gasteiger partial charge in [0.25, 0.3) is 9.28 Å². The summed E-state index contributed by atoms with van der Waals surface area (Å²) in [7, 11) is -4.15. The average molecular weight is 703 g/mol. The summed E-state index contributed by atoms with van der Waals surface area (Å²) in [4.78, 5) is 20.1. The van der Waals surface area contributed by atoms with E-state index in [1.165, 1.54) is 12.1 Å². The minimum atomic E-state index is -1.39. The van der Waals surface area contributed by atoms with Crippen molar-refractivity contribution < 1.29 is 27.3 Å². The number of carbonyl (C=O) groups is 2. The lowest BCUT2D eigenvalue weighted by molar-refractivity contribution is -0.138. The molecule has 0 aliphatic rings. The highest BCUT2D eigenvalue weighted by molar-refractivity contribution is 6.81. The van der Waals surface area contributed by atoms with Crippen LogP contribution in [0.1, 0.15) is 72.3 Å². The van der Waals surface area contributed by atoms with E-state index in [4.69, 9.17) is 8.23 Å². The van der Waals surface area contributed by atoms with Gasteiger partial charge in [0.05, 0.1) is 13.2 Å². The first kappa shape index (κ1) is 66.0. The van der Waals surface area contributed by atoms with Crippen molar-refractivity contribution in [1.29, 1.82) is 0 Å². The van der Waals surface area contributed by atoms with Crippen LogP contribution in [0.25, 0.3) is 0 Å². The van der Waals surface area contributed by atoms with Gasteiger partial charge in [-0.05, 0) is 58.7 Å². The van der Waals surface area contributed by atoms with Crippen LogP contribution in [0.2, 0.25) is 44.8 Å². The van der Waals surface area contributed by atoms with Crippen molar-refractivity contribution in [3.05, 3.63) is 98.1 Å². The SMILES string of the molecule is C.C.C.C.C.C.C=CC(=O)OCC.C=CC(=O)OCC.CC[Si](C)(C)O[SiH](C)O[Si](C)(C)CC.c1ccccc1.c1ccccc1. The largest absolute Gasteiger partial charge is 0.463 e. The molecule has 0 saturated carbocycles. The molecule has 6 nitrogen and oxygen atoms in total. The molecule has 0 fully saturated rings. The van der Waals surface area contributed by atoms with Gasteiger partial charge in [-0.15, -0.1) is 0 Å². The van der Waals surface area contributed by atoms with Crippen molar-refractivity contribution in [2.45, 2.75) is 117 Å². The van der Waals surface area contributed by atoms with Gasteiger partial charge in [0.2, 0.25) is 0 Å². The van der Waals surface area contributed by atoms with Crippen LogP contribution in [0.4, 0.5) is 0 Å². The smallest absolute Gasteiger partial charge is 0.330 e. The van der Waals surface area contributed by atoms with Gasteiger partial charge >= 0.3 is 11.9 Å². The molecular formula is C37H78O6Si3. The average Bonchev–Trinajstić information content (AvgIpc) is 2.96. The van der Waals surface area contributed by atoms with Crippen molar-refractivity contribution in [2.24, 2.45) is 0 Å². The first-order valence-electron chi connectivity index (χ1n) is 13.8. The van der Waals surface area contributed by atoms with Crippen LogP contribution in [0.3, 0.4) is 0 Å². The molecule has 0 aliphatic carbocycles. The Bertz CT molecular complexity index is 739. The second-order valence-electron chi connectivity index (χ2n) is 9.25. The predicted octanol–water partition coefficient (Wildman–Crippen LogP) is 12.0. The van der Waals surface area contributed by atoms with Gasteiger partial charge in [-0.25, -0.2) is 9.59 Å².